The fourth-order valence-electron chi connectivity index (χ4n) is 1.85. The molecule has 0 aromatic heterocycles. The monoisotopic (exact) mass is 406 g/mol. The number of aliphatic imine (C=N–C) groups is 1. The van der Waals surface area contributed by atoms with Crippen LogP contribution in [0.2, 0.25) is 10.0 Å². The summed E-state index contributed by atoms with van der Waals surface area (Å²) in [7, 11) is 0. The third-order valence-corrected chi connectivity index (χ3v) is 3.79. The molecular formula is C13H16Cl2N6O5. The number of hydrazine groups is 1. The number of guanidine groups is 1. The topological polar surface area (TPSA) is 172 Å². The molecule has 26 heavy (non-hydrogen) atoms. The van der Waals surface area contributed by atoms with Gasteiger partial charge in [0.1, 0.15) is 6.04 Å². The van der Waals surface area contributed by atoms with Gasteiger partial charge < -0.3 is 11.1 Å². The maximum absolute atomic E-state index is 12.2. The summed E-state index contributed by atoms with van der Waals surface area (Å²) >= 11 is 11.6. The molecule has 11 nitrogen and oxygen atoms in total. The molecule has 0 aliphatic carbocycles. The normalized spacial score (nSPS) is 12.2. The zero-order valence-electron chi connectivity index (χ0n) is 13.2. The first-order chi connectivity index (χ1) is 12.2. The van der Waals surface area contributed by atoms with Crippen molar-refractivity contribution >= 4 is 41.0 Å². The van der Waals surface area contributed by atoms with Gasteiger partial charge in [-0.2, -0.15) is 0 Å². The first-order valence-corrected chi connectivity index (χ1v) is 7.91. The SMILES string of the molecule is NC(=NCCC[C@H](NC(=O)c1ccc(Cl)c(Cl)c1)C(=O)NO)N[N+](=O)[O-]. The molecule has 0 radical (unpaired) electrons. The van der Waals surface area contributed by atoms with Gasteiger partial charge in [0.15, 0.2) is 5.03 Å². The number of carbonyl (C=O) groups is 2. The molecule has 13 heteroatoms. The smallest absolute Gasteiger partial charge is 0.265 e. The second-order valence-corrected chi connectivity index (χ2v) is 5.72. The van der Waals surface area contributed by atoms with Crippen LogP contribution in [0.1, 0.15) is 23.2 Å². The number of nitrogens with one attached hydrogen (secondary N) is 3. The number of nitro groups is 1. The van der Waals surface area contributed by atoms with Gasteiger partial charge >= 0.3 is 0 Å². The molecule has 0 aliphatic rings. The highest BCUT2D eigenvalue weighted by Crippen LogP contribution is 2.22. The van der Waals surface area contributed by atoms with E-state index in [0.717, 1.165) is 0 Å². The van der Waals surface area contributed by atoms with E-state index in [-0.39, 0.29) is 35.0 Å². The molecule has 0 saturated heterocycles. The number of amides is 2. The lowest BCUT2D eigenvalue weighted by Crippen LogP contribution is -2.46. The molecule has 0 fully saturated rings. The van der Waals surface area contributed by atoms with E-state index < -0.39 is 28.8 Å². The lowest BCUT2D eigenvalue weighted by Gasteiger charge is -2.16. The van der Waals surface area contributed by atoms with Crippen LogP contribution in [-0.2, 0) is 4.79 Å². The lowest BCUT2D eigenvalue weighted by molar-refractivity contribution is -0.525. The third-order valence-electron chi connectivity index (χ3n) is 3.05. The van der Waals surface area contributed by atoms with E-state index in [1.165, 1.54) is 23.7 Å². The predicted molar refractivity (Wildman–Crippen MR) is 93.5 cm³/mol. The van der Waals surface area contributed by atoms with Crippen LogP contribution < -0.4 is 22.0 Å². The summed E-state index contributed by atoms with van der Waals surface area (Å²) in [5, 5.41) is 21.0. The average molecular weight is 407 g/mol. The van der Waals surface area contributed by atoms with Crippen molar-refractivity contribution in [2.24, 2.45) is 10.7 Å². The molecule has 0 spiro atoms. The van der Waals surface area contributed by atoms with Crippen LogP contribution >= 0.6 is 23.2 Å². The van der Waals surface area contributed by atoms with Gasteiger partial charge in [0.25, 0.3) is 17.8 Å². The standard InChI is InChI=1S/C13H16Cl2N6O5/c14-8-4-3-7(6-9(8)15)11(22)18-10(12(23)20-24)2-1-5-17-13(16)19-21(25)26/h3-4,6,10,24H,1-2,5H2,(H,18,22)(H,20,23)(H3,16,17,19)/t10-/m0/s1. The summed E-state index contributed by atoms with van der Waals surface area (Å²) < 4.78 is 0. The van der Waals surface area contributed by atoms with Gasteiger partial charge in [-0.25, -0.2) is 20.6 Å². The molecule has 0 bridgehead atoms. The van der Waals surface area contributed by atoms with E-state index in [4.69, 9.17) is 34.1 Å². The zero-order chi connectivity index (χ0) is 19.7. The van der Waals surface area contributed by atoms with Crippen LogP contribution in [0.4, 0.5) is 0 Å². The Morgan fingerprint density at radius 2 is 2.04 bits per heavy atom. The fraction of sp³-hybridized carbons (Fsp3) is 0.308. The third kappa shape index (κ3) is 7.09. The van der Waals surface area contributed by atoms with Gasteiger partial charge in [0.2, 0.25) is 0 Å². The Labute approximate surface area is 157 Å². The Morgan fingerprint density at radius 3 is 2.62 bits per heavy atom. The number of hydroxylamine groups is 1. The van der Waals surface area contributed by atoms with E-state index in [0.29, 0.717) is 0 Å². The van der Waals surface area contributed by atoms with E-state index in [1.54, 1.807) is 5.43 Å². The molecule has 142 valence electrons. The number of halogens is 2. The molecule has 1 atom stereocenters. The molecule has 6 N–H and O–H groups in total. The van der Waals surface area contributed by atoms with Gasteiger partial charge in [-0.1, -0.05) is 28.6 Å². The number of nitrogens with zero attached hydrogens (tertiary/aromatic N) is 2. The Hall–Kier alpha value is -2.63. The van der Waals surface area contributed by atoms with Gasteiger partial charge in [-0.3, -0.25) is 14.8 Å². The van der Waals surface area contributed by atoms with Crippen molar-refractivity contribution in [1.82, 2.24) is 16.2 Å². The van der Waals surface area contributed by atoms with Crippen molar-refractivity contribution in [2.45, 2.75) is 18.9 Å². The number of carbonyl (C=O) groups excluding carboxylic acids is 2. The molecule has 2 amide bonds. The largest absolute Gasteiger partial charge is 0.365 e. The van der Waals surface area contributed by atoms with E-state index in [9.17, 15) is 19.7 Å². The second-order valence-electron chi connectivity index (χ2n) is 4.91. The summed E-state index contributed by atoms with van der Waals surface area (Å²) in [6.45, 7) is 0.0600. The van der Waals surface area contributed by atoms with Crippen molar-refractivity contribution < 1.29 is 19.8 Å². The van der Waals surface area contributed by atoms with Gasteiger partial charge in [-0.15, -0.1) is 0 Å². The second kappa shape index (κ2) is 10.4. The van der Waals surface area contributed by atoms with Gasteiger partial charge in [0.05, 0.1) is 10.0 Å². The minimum absolute atomic E-state index is 0.0600. The van der Waals surface area contributed by atoms with Crippen LogP contribution in [-0.4, -0.2) is 40.6 Å². The minimum Gasteiger partial charge on any atom is -0.365 e. The van der Waals surface area contributed by atoms with Crippen LogP contribution in [0.5, 0.6) is 0 Å². The number of hydrogen-bond donors (Lipinski definition) is 5. The first-order valence-electron chi connectivity index (χ1n) is 7.15. The maximum Gasteiger partial charge on any atom is 0.265 e. The average Bonchev–Trinajstić information content (AvgIpc) is 2.58. The highest BCUT2D eigenvalue weighted by Gasteiger charge is 2.21. The number of hydrogen-bond acceptors (Lipinski definition) is 6. The minimum atomic E-state index is -1.07. The zero-order valence-corrected chi connectivity index (χ0v) is 14.8. The Kier molecular flexibility index (Phi) is 8.55. The van der Waals surface area contributed by atoms with Crippen molar-refractivity contribution in [1.29, 1.82) is 0 Å². The summed E-state index contributed by atoms with van der Waals surface area (Å²) in [6, 6.07) is 3.12. The fourth-order valence-corrected chi connectivity index (χ4v) is 2.15. The Balaban J connectivity index is 2.66. The molecule has 1 aromatic rings. The Morgan fingerprint density at radius 1 is 1.35 bits per heavy atom. The van der Waals surface area contributed by atoms with Crippen LogP contribution in [0, 0.1) is 10.1 Å². The summed E-state index contributed by atoms with van der Waals surface area (Å²) in [5.74, 6) is -1.83. The van der Waals surface area contributed by atoms with Gasteiger partial charge in [-0.05, 0) is 31.0 Å². The van der Waals surface area contributed by atoms with Crippen molar-refractivity contribution in [2.75, 3.05) is 6.54 Å². The molecule has 0 heterocycles. The predicted octanol–water partition coefficient (Wildman–Crippen LogP) is 0.473. The highest BCUT2D eigenvalue weighted by atomic mass is 35.5. The molecule has 1 rings (SSSR count). The molecule has 0 saturated carbocycles. The maximum atomic E-state index is 12.2. The van der Waals surface area contributed by atoms with Crippen LogP contribution in [0.3, 0.4) is 0 Å². The molecule has 0 unspecified atom stereocenters. The van der Waals surface area contributed by atoms with Crippen molar-refractivity contribution in [3.8, 4) is 0 Å². The van der Waals surface area contributed by atoms with Gasteiger partial charge in [0, 0.05) is 12.1 Å². The number of nitrogens with two attached hydrogens (primary N) is 1. The highest BCUT2D eigenvalue weighted by molar-refractivity contribution is 6.42. The van der Waals surface area contributed by atoms with Crippen LogP contribution in [0.25, 0.3) is 0 Å². The van der Waals surface area contributed by atoms with Crippen molar-refractivity contribution in [3.05, 3.63) is 43.9 Å². The van der Waals surface area contributed by atoms with E-state index >= 15 is 0 Å². The Bertz CT molecular complexity index is 714. The first kappa shape index (κ1) is 21.4. The molecule has 0 aliphatic heterocycles. The van der Waals surface area contributed by atoms with E-state index in [1.807, 2.05) is 0 Å². The summed E-state index contributed by atoms with van der Waals surface area (Å²) in [4.78, 5) is 37.7. The number of rotatable bonds is 8. The van der Waals surface area contributed by atoms with E-state index in [2.05, 4.69) is 10.3 Å². The van der Waals surface area contributed by atoms with Crippen molar-refractivity contribution in [3.63, 3.8) is 0 Å². The molecular weight excluding hydrogens is 391 g/mol. The van der Waals surface area contributed by atoms with Crippen LogP contribution in [0.15, 0.2) is 23.2 Å². The quantitative estimate of drug-likeness (QED) is 0.104. The lowest BCUT2D eigenvalue weighted by atomic mass is 10.1. The number of benzene rings is 1. The summed E-state index contributed by atoms with van der Waals surface area (Å²) in [5.41, 5.74) is 8.54. The molecule has 1 aromatic carbocycles. The summed E-state index contributed by atoms with van der Waals surface area (Å²) in [6.07, 6.45) is 0.342.